The van der Waals surface area contributed by atoms with E-state index < -0.39 is 0 Å². The topological polar surface area (TPSA) is 41.1 Å². The molecule has 0 fully saturated rings. The smallest absolute Gasteiger partial charge is 0.319 e. The molecule has 0 radical (unpaired) electrons. The van der Waals surface area contributed by atoms with Gasteiger partial charge < -0.3 is 10.6 Å². The summed E-state index contributed by atoms with van der Waals surface area (Å²) in [6.45, 7) is 0.451. The molecule has 0 heterocycles. The number of benzene rings is 1. The minimum absolute atomic E-state index is 0.307. The molecule has 0 aliphatic heterocycles. The predicted octanol–water partition coefficient (Wildman–Crippen LogP) is 2.48. The second-order valence-electron chi connectivity index (χ2n) is 2.81. The maximum absolute atomic E-state index is 11.3. The fraction of sp³-hybridized carbons (Fsp3) is 0.182. The maximum atomic E-state index is 11.3. The van der Waals surface area contributed by atoms with Crippen LogP contribution in [0.5, 0.6) is 0 Å². The fourth-order valence-corrected chi connectivity index (χ4v) is 1.16. The Kier molecular flexibility index (Phi) is 4.52. The number of amides is 2. The van der Waals surface area contributed by atoms with E-state index in [4.69, 9.17) is 18.0 Å². The minimum Gasteiger partial charge on any atom is -0.337 e. The first-order valence-corrected chi connectivity index (χ1v) is 4.84. The highest BCUT2D eigenvalue weighted by atomic mass is 35.5. The molecule has 78 valence electrons. The van der Waals surface area contributed by atoms with Crippen LogP contribution in [0.4, 0.5) is 10.5 Å². The Bertz CT molecular complexity index is 384. The van der Waals surface area contributed by atoms with Crippen molar-refractivity contribution in [1.29, 1.82) is 0 Å². The molecule has 1 aromatic carbocycles. The largest absolute Gasteiger partial charge is 0.337 e. The van der Waals surface area contributed by atoms with E-state index in [1.165, 1.54) is 0 Å². The molecular weight excluding hydrogens is 212 g/mol. The standard InChI is InChI=1S/C11H11ClN2O/c1-2-3-8-13-11(15)14-10-7-5-4-6-9(10)12/h1,4-7H,3,8H2,(H2,13,14,15). The first-order chi connectivity index (χ1) is 7.24. The summed E-state index contributed by atoms with van der Waals surface area (Å²) in [5, 5.41) is 5.73. The summed E-state index contributed by atoms with van der Waals surface area (Å²) in [6.07, 6.45) is 5.56. The van der Waals surface area contributed by atoms with Crippen LogP contribution in [0.2, 0.25) is 5.02 Å². The molecule has 3 nitrogen and oxygen atoms in total. The van der Waals surface area contributed by atoms with E-state index in [9.17, 15) is 4.79 Å². The van der Waals surface area contributed by atoms with Crippen LogP contribution in [-0.4, -0.2) is 12.6 Å². The molecule has 0 aliphatic rings. The lowest BCUT2D eigenvalue weighted by atomic mass is 10.3. The number of halogens is 1. The van der Waals surface area contributed by atoms with E-state index in [2.05, 4.69) is 16.6 Å². The molecule has 0 saturated carbocycles. The Labute approximate surface area is 93.8 Å². The summed E-state index contributed by atoms with van der Waals surface area (Å²) < 4.78 is 0. The SMILES string of the molecule is C#CCCNC(=O)Nc1ccccc1Cl. The highest BCUT2D eigenvalue weighted by Crippen LogP contribution is 2.19. The molecule has 2 amide bonds. The van der Waals surface area contributed by atoms with Crippen molar-refractivity contribution in [1.82, 2.24) is 5.32 Å². The number of carbonyl (C=O) groups is 1. The van der Waals surface area contributed by atoms with Crippen LogP contribution in [0, 0.1) is 12.3 Å². The molecule has 0 unspecified atom stereocenters. The summed E-state index contributed by atoms with van der Waals surface area (Å²) in [4.78, 5) is 11.3. The van der Waals surface area contributed by atoms with E-state index >= 15 is 0 Å². The van der Waals surface area contributed by atoms with Gasteiger partial charge in [0.2, 0.25) is 0 Å². The number of carbonyl (C=O) groups excluding carboxylic acids is 1. The lowest BCUT2D eigenvalue weighted by Gasteiger charge is -2.07. The normalized spacial score (nSPS) is 9.07. The summed E-state index contributed by atoms with van der Waals surface area (Å²) in [7, 11) is 0. The van der Waals surface area contributed by atoms with Gasteiger partial charge >= 0.3 is 6.03 Å². The summed E-state index contributed by atoms with van der Waals surface area (Å²) in [6, 6.07) is 6.72. The molecular formula is C11H11ClN2O. The van der Waals surface area contributed by atoms with Crippen molar-refractivity contribution >= 4 is 23.3 Å². The molecule has 4 heteroatoms. The van der Waals surface area contributed by atoms with E-state index in [1.54, 1.807) is 24.3 Å². The van der Waals surface area contributed by atoms with Gasteiger partial charge in [0.05, 0.1) is 10.7 Å². The van der Waals surface area contributed by atoms with Crippen molar-refractivity contribution < 1.29 is 4.79 Å². The van der Waals surface area contributed by atoms with Gasteiger partial charge in [0.15, 0.2) is 0 Å². The quantitative estimate of drug-likeness (QED) is 0.599. The monoisotopic (exact) mass is 222 g/mol. The highest BCUT2D eigenvalue weighted by Gasteiger charge is 2.02. The van der Waals surface area contributed by atoms with Crippen molar-refractivity contribution in [3.8, 4) is 12.3 Å². The zero-order valence-electron chi connectivity index (χ0n) is 8.09. The Hall–Kier alpha value is -1.66. The second kappa shape index (κ2) is 5.94. The van der Waals surface area contributed by atoms with Crippen LogP contribution in [0.1, 0.15) is 6.42 Å². The first-order valence-electron chi connectivity index (χ1n) is 4.47. The van der Waals surface area contributed by atoms with Crippen LogP contribution >= 0.6 is 11.6 Å². The number of terminal acetylenes is 1. The minimum atomic E-state index is -0.307. The third-order valence-corrected chi connectivity index (χ3v) is 2.01. The number of hydrogen-bond acceptors (Lipinski definition) is 1. The average molecular weight is 223 g/mol. The molecule has 0 saturated heterocycles. The predicted molar refractivity (Wildman–Crippen MR) is 61.9 cm³/mol. The summed E-state index contributed by atoms with van der Waals surface area (Å²) in [5.41, 5.74) is 0.581. The van der Waals surface area contributed by atoms with Gasteiger partial charge in [0, 0.05) is 13.0 Å². The molecule has 0 aromatic heterocycles. The third kappa shape index (κ3) is 3.92. The Morgan fingerprint density at radius 3 is 2.87 bits per heavy atom. The third-order valence-electron chi connectivity index (χ3n) is 1.68. The van der Waals surface area contributed by atoms with Crippen molar-refractivity contribution in [3.63, 3.8) is 0 Å². The van der Waals surface area contributed by atoms with Crippen LogP contribution < -0.4 is 10.6 Å². The number of anilines is 1. The zero-order valence-corrected chi connectivity index (χ0v) is 8.84. The van der Waals surface area contributed by atoms with Crippen molar-refractivity contribution in [2.75, 3.05) is 11.9 Å². The van der Waals surface area contributed by atoms with Gasteiger partial charge in [-0.2, -0.15) is 0 Å². The zero-order chi connectivity index (χ0) is 11.1. The molecule has 0 spiro atoms. The second-order valence-corrected chi connectivity index (χ2v) is 3.22. The van der Waals surface area contributed by atoms with Gasteiger partial charge in [0.25, 0.3) is 0 Å². The number of nitrogens with one attached hydrogen (secondary N) is 2. The molecule has 15 heavy (non-hydrogen) atoms. The van der Waals surface area contributed by atoms with Gasteiger partial charge in [-0.1, -0.05) is 23.7 Å². The molecule has 0 atom stereocenters. The van der Waals surface area contributed by atoms with E-state index in [0.29, 0.717) is 23.7 Å². The Morgan fingerprint density at radius 2 is 2.20 bits per heavy atom. The van der Waals surface area contributed by atoms with E-state index in [0.717, 1.165) is 0 Å². The molecule has 0 aliphatic carbocycles. The maximum Gasteiger partial charge on any atom is 0.319 e. The van der Waals surface area contributed by atoms with Gasteiger partial charge in [-0.05, 0) is 12.1 Å². The van der Waals surface area contributed by atoms with Crippen molar-refractivity contribution in [2.45, 2.75) is 6.42 Å². The molecule has 1 rings (SSSR count). The average Bonchev–Trinajstić information content (AvgIpc) is 2.22. The Balaban J connectivity index is 2.45. The van der Waals surface area contributed by atoms with E-state index in [-0.39, 0.29) is 6.03 Å². The molecule has 1 aromatic rings. The van der Waals surface area contributed by atoms with Crippen molar-refractivity contribution in [3.05, 3.63) is 29.3 Å². The summed E-state index contributed by atoms with van der Waals surface area (Å²) in [5.74, 6) is 2.43. The van der Waals surface area contributed by atoms with Gasteiger partial charge in [-0.25, -0.2) is 4.79 Å². The number of rotatable bonds is 3. The van der Waals surface area contributed by atoms with Crippen LogP contribution in [0.15, 0.2) is 24.3 Å². The van der Waals surface area contributed by atoms with E-state index in [1.807, 2.05) is 0 Å². The Morgan fingerprint density at radius 1 is 1.47 bits per heavy atom. The highest BCUT2D eigenvalue weighted by molar-refractivity contribution is 6.33. The number of urea groups is 1. The number of para-hydroxylation sites is 1. The fourth-order valence-electron chi connectivity index (χ4n) is 0.977. The van der Waals surface area contributed by atoms with Crippen molar-refractivity contribution in [2.24, 2.45) is 0 Å². The molecule has 2 N–H and O–H groups in total. The van der Waals surface area contributed by atoms with Crippen LogP contribution in [-0.2, 0) is 0 Å². The molecule has 0 bridgehead atoms. The lowest BCUT2D eigenvalue weighted by molar-refractivity contribution is 0.252. The number of hydrogen-bond donors (Lipinski definition) is 2. The van der Waals surface area contributed by atoms with Gasteiger partial charge in [-0.3, -0.25) is 0 Å². The van der Waals surface area contributed by atoms with Gasteiger partial charge in [0.1, 0.15) is 0 Å². The van der Waals surface area contributed by atoms with Crippen LogP contribution in [0.3, 0.4) is 0 Å². The first kappa shape index (κ1) is 11.4. The van der Waals surface area contributed by atoms with Gasteiger partial charge in [-0.15, -0.1) is 12.3 Å². The van der Waals surface area contributed by atoms with Crippen LogP contribution in [0.25, 0.3) is 0 Å². The lowest BCUT2D eigenvalue weighted by Crippen LogP contribution is -2.29. The summed E-state index contributed by atoms with van der Waals surface area (Å²) >= 11 is 5.85.